The van der Waals surface area contributed by atoms with Gasteiger partial charge in [-0.05, 0) is 49.3 Å². The minimum absolute atomic E-state index is 0.149. The molecule has 0 aromatic carbocycles. The summed E-state index contributed by atoms with van der Waals surface area (Å²) in [5, 5.41) is 0. The van der Waals surface area contributed by atoms with Gasteiger partial charge in [-0.2, -0.15) is 0 Å². The number of pyridine rings is 1. The molecule has 3 heteroatoms. The molecule has 1 aromatic heterocycles. The zero-order valence-corrected chi connectivity index (χ0v) is 11.9. The average Bonchev–Trinajstić information content (AvgIpc) is 2.42. The zero-order valence-electron chi connectivity index (χ0n) is 11.9. The molecule has 2 rings (SSSR count). The molecule has 0 saturated carbocycles. The van der Waals surface area contributed by atoms with Gasteiger partial charge < -0.3 is 0 Å². The van der Waals surface area contributed by atoms with E-state index in [4.69, 9.17) is 5.84 Å². The highest BCUT2D eigenvalue weighted by molar-refractivity contribution is 5.33. The molecule has 1 aromatic rings. The monoisotopic (exact) mass is 259 g/mol. The molecule has 19 heavy (non-hydrogen) atoms. The normalized spacial score (nSPS) is 21.1. The number of nitrogens with one attached hydrogen (secondary N) is 1. The van der Waals surface area contributed by atoms with E-state index in [2.05, 4.69) is 29.5 Å². The molecular formula is C16H25N3. The fourth-order valence-electron chi connectivity index (χ4n) is 2.89. The van der Waals surface area contributed by atoms with Crippen molar-refractivity contribution in [2.45, 2.75) is 57.9 Å². The number of allylic oxidation sites excluding steroid dienone is 1. The summed E-state index contributed by atoms with van der Waals surface area (Å²) in [5.41, 5.74) is 7.03. The lowest BCUT2D eigenvalue weighted by atomic mass is 9.89. The predicted octanol–water partition coefficient (Wildman–Crippen LogP) is 3.43. The minimum atomic E-state index is 0.149. The molecule has 0 spiro atoms. The van der Waals surface area contributed by atoms with Gasteiger partial charge in [0.05, 0.1) is 6.04 Å². The summed E-state index contributed by atoms with van der Waals surface area (Å²) in [4.78, 5) is 4.22. The van der Waals surface area contributed by atoms with Gasteiger partial charge in [0.1, 0.15) is 0 Å². The molecule has 0 aliphatic heterocycles. The van der Waals surface area contributed by atoms with Gasteiger partial charge in [0.25, 0.3) is 0 Å². The molecule has 1 heterocycles. The van der Waals surface area contributed by atoms with Crippen LogP contribution in [0.15, 0.2) is 30.1 Å². The first-order chi connectivity index (χ1) is 9.36. The first kappa shape index (κ1) is 14.2. The Morgan fingerprint density at radius 1 is 1.32 bits per heavy atom. The molecule has 0 amide bonds. The fraction of sp³-hybridized carbons (Fsp3) is 0.562. The van der Waals surface area contributed by atoms with Gasteiger partial charge in [-0.3, -0.25) is 10.8 Å². The van der Waals surface area contributed by atoms with E-state index in [1.807, 2.05) is 12.4 Å². The number of hydrogen-bond donors (Lipinski definition) is 2. The molecule has 1 unspecified atom stereocenters. The Morgan fingerprint density at radius 2 is 2.16 bits per heavy atom. The second kappa shape index (κ2) is 7.41. The number of hydrazine groups is 1. The largest absolute Gasteiger partial charge is 0.271 e. The van der Waals surface area contributed by atoms with Crippen LogP contribution >= 0.6 is 0 Å². The Hall–Kier alpha value is -1.19. The van der Waals surface area contributed by atoms with Crippen LogP contribution in [0.5, 0.6) is 0 Å². The SMILES string of the molecule is CCc1cnccc1C(NN)/C1=C/CCCCCC1. The van der Waals surface area contributed by atoms with E-state index in [9.17, 15) is 0 Å². The highest BCUT2D eigenvalue weighted by atomic mass is 15.2. The molecule has 0 saturated heterocycles. The Bertz CT molecular complexity index is 426. The van der Waals surface area contributed by atoms with Gasteiger partial charge in [0.15, 0.2) is 0 Å². The molecule has 1 atom stereocenters. The standard InChI is InChI=1S/C16H25N3/c1-2-13-12-18-11-10-15(13)16(19-17)14-8-6-4-3-5-7-9-14/h8,10-12,16,19H,2-7,9,17H2,1H3/b14-8+. The fourth-order valence-corrected chi connectivity index (χ4v) is 2.89. The van der Waals surface area contributed by atoms with Crippen molar-refractivity contribution >= 4 is 0 Å². The summed E-state index contributed by atoms with van der Waals surface area (Å²) in [7, 11) is 0. The van der Waals surface area contributed by atoms with E-state index < -0.39 is 0 Å². The Morgan fingerprint density at radius 3 is 2.95 bits per heavy atom. The first-order valence-corrected chi connectivity index (χ1v) is 7.44. The van der Waals surface area contributed by atoms with Gasteiger partial charge >= 0.3 is 0 Å². The molecule has 1 aliphatic carbocycles. The van der Waals surface area contributed by atoms with Crippen LogP contribution in [0.3, 0.4) is 0 Å². The molecule has 0 fully saturated rings. The van der Waals surface area contributed by atoms with E-state index in [0.29, 0.717) is 0 Å². The number of hydrogen-bond acceptors (Lipinski definition) is 3. The molecule has 3 N–H and O–H groups in total. The van der Waals surface area contributed by atoms with E-state index in [-0.39, 0.29) is 6.04 Å². The van der Waals surface area contributed by atoms with E-state index in [1.165, 1.54) is 48.8 Å². The topological polar surface area (TPSA) is 50.9 Å². The number of nitrogens with zero attached hydrogens (tertiary/aromatic N) is 1. The number of aromatic nitrogens is 1. The second-order valence-electron chi connectivity index (χ2n) is 5.26. The average molecular weight is 259 g/mol. The maximum atomic E-state index is 5.84. The summed E-state index contributed by atoms with van der Waals surface area (Å²) < 4.78 is 0. The van der Waals surface area contributed by atoms with Crippen LogP contribution in [-0.2, 0) is 6.42 Å². The third-order valence-electron chi connectivity index (χ3n) is 4.00. The smallest absolute Gasteiger partial charge is 0.0673 e. The summed E-state index contributed by atoms with van der Waals surface area (Å²) in [6.07, 6.45) is 14.8. The summed E-state index contributed by atoms with van der Waals surface area (Å²) in [6.45, 7) is 2.17. The number of nitrogens with two attached hydrogens (primary N) is 1. The van der Waals surface area contributed by atoms with Crippen molar-refractivity contribution in [1.82, 2.24) is 10.4 Å². The van der Waals surface area contributed by atoms with Crippen LogP contribution in [-0.4, -0.2) is 4.98 Å². The third kappa shape index (κ3) is 3.64. The van der Waals surface area contributed by atoms with Gasteiger partial charge in [-0.1, -0.05) is 31.4 Å². The van der Waals surface area contributed by atoms with Gasteiger partial charge in [0.2, 0.25) is 0 Å². The molecule has 0 radical (unpaired) electrons. The minimum Gasteiger partial charge on any atom is -0.271 e. The van der Waals surface area contributed by atoms with Crippen LogP contribution in [0.4, 0.5) is 0 Å². The van der Waals surface area contributed by atoms with Gasteiger partial charge in [-0.15, -0.1) is 0 Å². The van der Waals surface area contributed by atoms with Crippen molar-refractivity contribution in [2.24, 2.45) is 5.84 Å². The Kier molecular flexibility index (Phi) is 5.55. The number of aryl methyl sites for hydroxylation is 1. The summed E-state index contributed by atoms with van der Waals surface area (Å²) >= 11 is 0. The lowest BCUT2D eigenvalue weighted by Gasteiger charge is -2.23. The maximum absolute atomic E-state index is 5.84. The maximum Gasteiger partial charge on any atom is 0.0673 e. The molecule has 1 aliphatic rings. The molecule has 0 bridgehead atoms. The molecule has 3 nitrogen and oxygen atoms in total. The van der Waals surface area contributed by atoms with Gasteiger partial charge in [0, 0.05) is 12.4 Å². The van der Waals surface area contributed by atoms with Crippen molar-refractivity contribution in [3.63, 3.8) is 0 Å². The number of rotatable bonds is 4. The van der Waals surface area contributed by atoms with Crippen LogP contribution in [0.25, 0.3) is 0 Å². The van der Waals surface area contributed by atoms with Gasteiger partial charge in [-0.25, -0.2) is 5.43 Å². The van der Waals surface area contributed by atoms with Crippen LogP contribution in [0.1, 0.15) is 62.6 Å². The van der Waals surface area contributed by atoms with E-state index in [0.717, 1.165) is 12.8 Å². The Labute approximate surface area is 116 Å². The molecular weight excluding hydrogens is 234 g/mol. The van der Waals surface area contributed by atoms with Crippen LogP contribution < -0.4 is 11.3 Å². The van der Waals surface area contributed by atoms with E-state index in [1.54, 1.807) is 0 Å². The Balaban J connectivity index is 2.27. The highest BCUT2D eigenvalue weighted by Crippen LogP contribution is 2.29. The zero-order chi connectivity index (χ0) is 13.5. The first-order valence-electron chi connectivity index (χ1n) is 7.44. The van der Waals surface area contributed by atoms with Crippen molar-refractivity contribution in [3.05, 3.63) is 41.2 Å². The lowest BCUT2D eigenvalue weighted by Crippen LogP contribution is -2.30. The van der Waals surface area contributed by atoms with Crippen molar-refractivity contribution in [3.8, 4) is 0 Å². The summed E-state index contributed by atoms with van der Waals surface area (Å²) in [6, 6.07) is 2.25. The third-order valence-corrected chi connectivity index (χ3v) is 4.00. The highest BCUT2D eigenvalue weighted by Gasteiger charge is 2.18. The lowest BCUT2D eigenvalue weighted by molar-refractivity contribution is 0.552. The predicted molar refractivity (Wildman–Crippen MR) is 79.5 cm³/mol. The van der Waals surface area contributed by atoms with Crippen LogP contribution in [0, 0.1) is 0 Å². The quantitative estimate of drug-likeness (QED) is 0.495. The van der Waals surface area contributed by atoms with Crippen molar-refractivity contribution < 1.29 is 0 Å². The van der Waals surface area contributed by atoms with Crippen molar-refractivity contribution in [2.75, 3.05) is 0 Å². The van der Waals surface area contributed by atoms with Crippen LogP contribution in [0.2, 0.25) is 0 Å². The second-order valence-corrected chi connectivity index (χ2v) is 5.26. The molecule has 104 valence electrons. The summed E-state index contributed by atoms with van der Waals surface area (Å²) in [5.74, 6) is 5.84. The van der Waals surface area contributed by atoms with Crippen molar-refractivity contribution in [1.29, 1.82) is 0 Å². The van der Waals surface area contributed by atoms with E-state index >= 15 is 0 Å².